The Balaban J connectivity index is 1.69. The fraction of sp³-hybridized carbons (Fsp3) is 0.143. The van der Waals surface area contributed by atoms with E-state index in [0.29, 0.717) is 11.9 Å². The minimum atomic E-state index is 0.319. The summed E-state index contributed by atoms with van der Waals surface area (Å²) in [5, 5.41) is 5.93. The number of benzene rings is 2. The lowest BCUT2D eigenvalue weighted by atomic mass is 10.1. The average Bonchev–Trinajstić information content (AvgIpc) is 3.24. The number of nitrogen functional groups attached to an aromatic ring is 1. The smallest absolute Gasteiger partial charge is 0.135 e. The highest BCUT2D eigenvalue weighted by Gasteiger charge is 2.26. The molecule has 0 saturated carbocycles. The monoisotopic (exact) mass is 326 g/mol. The van der Waals surface area contributed by atoms with Gasteiger partial charge in [-0.25, -0.2) is 4.98 Å². The molecule has 1 aliphatic carbocycles. The van der Waals surface area contributed by atoms with E-state index in [1.54, 1.807) is 6.20 Å². The third-order valence-corrected chi connectivity index (χ3v) is 5.07. The second-order valence-corrected chi connectivity index (χ2v) is 6.58. The number of hydrogen-bond donors (Lipinski definition) is 1. The third-order valence-electron chi connectivity index (χ3n) is 5.07. The second-order valence-electron chi connectivity index (χ2n) is 6.58. The Morgan fingerprint density at radius 1 is 0.880 bits per heavy atom. The number of pyridine rings is 1. The summed E-state index contributed by atoms with van der Waals surface area (Å²) in [5.74, 6) is 0.540. The number of nitrogens with two attached hydrogens (primary N) is 1. The zero-order chi connectivity index (χ0) is 16.8. The molecular weight excluding hydrogens is 308 g/mol. The fourth-order valence-corrected chi connectivity index (χ4v) is 3.90. The molecule has 1 aliphatic rings. The molecule has 4 heteroatoms. The number of fused-ring (bicyclic) bond motifs is 2. The van der Waals surface area contributed by atoms with Gasteiger partial charge in [0.25, 0.3) is 0 Å². The van der Waals surface area contributed by atoms with Crippen LogP contribution in [0.4, 0.5) is 5.82 Å². The highest BCUT2D eigenvalue weighted by Crippen LogP contribution is 2.36. The highest BCUT2D eigenvalue weighted by molar-refractivity contribution is 6.00. The summed E-state index contributed by atoms with van der Waals surface area (Å²) < 4.78 is 2.15. The normalized spacial score (nSPS) is 14.1. The predicted molar refractivity (Wildman–Crippen MR) is 100 cm³/mol. The Morgan fingerprint density at radius 3 is 2.28 bits per heavy atom. The second kappa shape index (κ2) is 5.45. The van der Waals surface area contributed by atoms with Crippen LogP contribution in [0, 0.1) is 0 Å². The van der Waals surface area contributed by atoms with Crippen LogP contribution in [0.25, 0.3) is 22.2 Å². The molecule has 0 radical (unpaired) electrons. The molecule has 2 aromatic carbocycles. The van der Waals surface area contributed by atoms with Gasteiger partial charge in [0.2, 0.25) is 0 Å². The van der Waals surface area contributed by atoms with Crippen molar-refractivity contribution in [3.05, 3.63) is 78.0 Å². The summed E-state index contributed by atoms with van der Waals surface area (Å²) in [4.78, 5) is 4.30. The molecule has 0 spiro atoms. The van der Waals surface area contributed by atoms with E-state index in [1.807, 2.05) is 24.3 Å². The number of nitrogens with zero attached hydrogens (tertiary/aromatic N) is 3. The Labute approximate surface area is 145 Å². The van der Waals surface area contributed by atoms with Crippen molar-refractivity contribution in [2.75, 3.05) is 5.73 Å². The van der Waals surface area contributed by atoms with Gasteiger partial charge in [-0.1, -0.05) is 54.6 Å². The van der Waals surface area contributed by atoms with Crippen molar-refractivity contribution >= 4 is 16.7 Å². The van der Waals surface area contributed by atoms with E-state index in [2.05, 4.69) is 46.1 Å². The van der Waals surface area contributed by atoms with Crippen LogP contribution in [0.5, 0.6) is 0 Å². The van der Waals surface area contributed by atoms with Crippen LogP contribution in [0.1, 0.15) is 17.2 Å². The molecule has 0 fully saturated rings. The largest absolute Gasteiger partial charge is 0.383 e. The molecule has 0 saturated heterocycles. The summed E-state index contributed by atoms with van der Waals surface area (Å²) >= 11 is 0. The lowest BCUT2D eigenvalue weighted by Gasteiger charge is -2.11. The number of anilines is 1. The van der Waals surface area contributed by atoms with Crippen molar-refractivity contribution < 1.29 is 0 Å². The molecule has 0 unspecified atom stereocenters. The van der Waals surface area contributed by atoms with E-state index in [9.17, 15) is 0 Å². The van der Waals surface area contributed by atoms with Crippen molar-refractivity contribution in [3.8, 4) is 11.3 Å². The Morgan fingerprint density at radius 2 is 1.56 bits per heavy atom. The lowest BCUT2D eigenvalue weighted by molar-refractivity contribution is 0.492. The van der Waals surface area contributed by atoms with Crippen molar-refractivity contribution in [1.29, 1.82) is 0 Å². The van der Waals surface area contributed by atoms with E-state index >= 15 is 0 Å². The molecule has 122 valence electrons. The molecule has 4 aromatic rings. The summed E-state index contributed by atoms with van der Waals surface area (Å²) in [6.45, 7) is 0. The maximum absolute atomic E-state index is 6.23. The first-order valence-corrected chi connectivity index (χ1v) is 8.56. The van der Waals surface area contributed by atoms with E-state index in [-0.39, 0.29) is 0 Å². The SMILES string of the molecule is Nc1nccc2c1c(-c1ccccc1)nn2C1Cc2ccccc2C1. The topological polar surface area (TPSA) is 56.7 Å². The molecular formula is C21H18N4. The van der Waals surface area contributed by atoms with Gasteiger partial charge in [0.1, 0.15) is 11.5 Å². The zero-order valence-electron chi connectivity index (χ0n) is 13.8. The van der Waals surface area contributed by atoms with Gasteiger partial charge >= 0.3 is 0 Å². The Bertz CT molecular complexity index is 1040. The van der Waals surface area contributed by atoms with Gasteiger partial charge in [0.05, 0.1) is 16.9 Å². The molecule has 2 N–H and O–H groups in total. The molecule has 2 heterocycles. The fourth-order valence-electron chi connectivity index (χ4n) is 3.90. The van der Waals surface area contributed by atoms with Crippen LogP contribution in [0.3, 0.4) is 0 Å². The third kappa shape index (κ3) is 2.22. The first-order chi connectivity index (χ1) is 12.3. The van der Waals surface area contributed by atoms with E-state index in [0.717, 1.165) is 35.0 Å². The van der Waals surface area contributed by atoms with Crippen LogP contribution in [-0.4, -0.2) is 14.8 Å². The van der Waals surface area contributed by atoms with Gasteiger partial charge in [-0.15, -0.1) is 0 Å². The molecule has 25 heavy (non-hydrogen) atoms. The summed E-state index contributed by atoms with van der Waals surface area (Å²) in [6.07, 6.45) is 3.78. The maximum atomic E-state index is 6.23. The van der Waals surface area contributed by atoms with Gasteiger partial charge in [0.15, 0.2) is 0 Å². The molecule has 4 nitrogen and oxygen atoms in total. The predicted octanol–water partition coefficient (Wildman–Crippen LogP) is 4.02. The number of aromatic nitrogens is 3. The summed E-state index contributed by atoms with van der Waals surface area (Å²) in [7, 11) is 0. The molecule has 0 amide bonds. The van der Waals surface area contributed by atoms with Crippen LogP contribution < -0.4 is 5.73 Å². The van der Waals surface area contributed by atoms with E-state index < -0.39 is 0 Å². The first kappa shape index (κ1) is 14.2. The van der Waals surface area contributed by atoms with Gasteiger partial charge in [-0.05, 0) is 30.0 Å². The standard InChI is InChI=1S/C21H18N4/c22-21-19-18(10-11-23-21)25(24-20(19)14-6-2-1-3-7-14)17-12-15-8-4-5-9-16(15)13-17/h1-11,17H,12-13H2,(H2,22,23). The van der Waals surface area contributed by atoms with Crippen LogP contribution in [0.15, 0.2) is 66.9 Å². The van der Waals surface area contributed by atoms with Crippen LogP contribution in [-0.2, 0) is 12.8 Å². The van der Waals surface area contributed by atoms with Crippen molar-refractivity contribution in [3.63, 3.8) is 0 Å². The molecule has 0 atom stereocenters. The first-order valence-electron chi connectivity index (χ1n) is 8.56. The van der Waals surface area contributed by atoms with Gasteiger partial charge in [-0.2, -0.15) is 5.10 Å². The quantitative estimate of drug-likeness (QED) is 0.605. The zero-order valence-corrected chi connectivity index (χ0v) is 13.8. The van der Waals surface area contributed by atoms with Crippen LogP contribution >= 0.6 is 0 Å². The molecule has 2 aromatic heterocycles. The van der Waals surface area contributed by atoms with Crippen molar-refractivity contribution in [2.24, 2.45) is 0 Å². The summed E-state index contributed by atoms with van der Waals surface area (Å²) in [5.41, 5.74) is 12.1. The van der Waals surface area contributed by atoms with Gasteiger partial charge < -0.3 is 5.73 Å². The van der Waals surface area contributed by atoms with Crippen LogP contribution in [0.2, 0.25) is 0 Å². The maximum Gasteiger partial charge on any atom is 0.135 e. The van der Waals surface area contributed by atoms with Gasteiger partial charge in [-0.3, -0.25) is 4.68 Å². The van der Waals surface area contributed by atoms with E-state index in [1.165, 1.54) is 11.1 Å². The molecule has 0 bridgehead atoms. The minimum Gasteiger partial charge on any atom is -0.383 e. The lowest BCUT2D eigenvalue weighted by Crippen LogP contribution is -2.10. The number of hydrogen-bond acceptors (Lipinski definition) is 3. The Hall–Kier alpha value is -3.14. The molecule has 5 rings (SSSR count). The van der Waals surface area contributed by atoms with Gasteiger partial charge in [0, 0.05) is 11.8 Å². The highest BCUT2D eigenvalue weighted by atomic mass is 15.3. The molecule has 0 aliphatic heterocycles. The summed E-state index contributed by atoms with van der Waals surface area (Å²) in [6, 6.07) is 21.2. The Kier molecular flexibility index (Phi) is 3.10. The average molecular weight is 326 g/mol. The van der Waals surface area contributed by atoms with Crippen molar-refractivity contribution in [1.82, 2.24) is 14.8 Å². The van der Waals surface area contributed by atoms with E-state index in [4.69, 9.17) is 10.8 Å². The minimum absolute atomic E-state index is 0.319. The number of rotatable bonds is 2. The van der Waals surface area contributed by atoms with Crippen molar-refractivity contribution in [2.45, 2.75) is 18.9 Å².